The van der Waals surface area contributed by atoms with Crippen LogP contribution in [0.5, 0.6) is 0 Å². The summed E-state index contributed by atoms with van der Waals surface area (Å²) < 4.78 is 0. The lowest BCUT2D eigenvalue weighted by molar-refractivity contribution is 0.200. The second-order valence-corrected chi connectivity index (χ2v) is 4.77. The fourth-order valence-corrected chi connectivity index (χ4v) is 1.27. The van der Waals surface area contributed by atoms with Crippen molar-refractivity contribution in [2.75, 3.05) is 13.2 Å². The van der Waals surface area contributed by atoms with Gasteiger partial charge in [-0.05, 0) is 18.8 Å². The van der Waals surface area contributed by atoms with Gasteiger partial charge < -0.3 is 10.4 Å². The molecule has 0 aliphatic heterocycles. The first-order chi connectivity index (χ1) is 5.88. The second kappa shape index (κ2) is 5.40. The van der Waals surface area contributed by atoms with Gasteiger partial charge in [-0.2, -0.15) is 0 Å². The van der Waals surface area contributed by atoms with Gasteiger partial charge in [-0.3, -0.25) is 0 Å². The highest BCUT2D eigenvalue weighted by Crippen LogP contribution is 2.21. The molecule has 0 rings (SSSR count). The summed E-state index contributed by atoms with van der Waals surface area (Å²) in [5.41, 5.74) is 1.32. The average molecular weight is 185 g/mol. The van der Waals surface area contributed by atoms with Crippen molar-refractivity contribution in [3.8, 4) is 0 Å². The van der Waals surface area contributed by atoms with Gasteiger partial charge in [0.1, 0.15) is 0 Å². The number of rotatable bonds is 5. The van der Waals surface area contributed by atoms with Crippen LogP contribution in [0.25, 0.3) is 0 Å². The van der Waals surface area contributed by atoms with Gasteiger partial charge in [0.05, 0.1) is 0 Å². The van der Waals surface area contributed by atoms with Crippen LogP contribution in [0.1, 0.15) is 34.1 Å². The molecule has 78 valence electrons. The molecule has 0 fully saturated rings. The topological polar surface area (TPSA) is 32.3 Å². The maximum absolute atomic E-state index is 8.90. The van der Waals surface area contributed by atoms with Crippen LogP contribution in [0.15, 0.2) is 12.2 Å². The van der Waals surface area contributed by atoms with Gasteiger partial charge in [-0.25, -0.2) is 0 Å². The van der Waals surface area contributed by atoms with Crippen molar-refractivity contribution in [1.29, 1.82) is 0 Å². The third-order valence-electron chi connectivity index (χ3n) is 2.11. The Morgan fingerprint density at radius 3 is 2.31 bits per heavy atom. The van der Waals surface area contributed by atoms with Crippen molar-refractivity contribution in [3.63, 3.8) is 0 Å². The Balaban J connectivity index is 4.02. The van der Waals surface area contributed by atoms with Crippen LogP contribution in [-0.4, -0.2) is 24.3 Å². The molecule has 1 atom stereocenters. The van der Waals surface area contributed by atoms with Crippen molar-refractivity contribution < 1.29 is 5.11 Å². The molecule has 0 spiro atoms. The Morgan fingerprint density at radius 1 is 1.46 bits per heavy atom. The average Bonchev–Trinajstić information content (AvgIpc) is 1.95. The first-order valence-corrected chi connectivity index (χ1v) is 4.86. The van der Waals surface area contributed by atoms with E-state index in [1.165, 1.54) is 0 Å². The van der Waals surface area contributed by atoms with Crippen molar-refractivity contribution >= 4 is 0 Å². The molecule has 0 bridgehead atoms. The van der Waals surface area contributed by atoms with Gasteiger partial charge in [-0.15, -0.1) is 0 Å². The molecule has 0 aromatic rings. The van der Waals surface area contributed by atoms with Gasteiger partial charge in [-0.1, -0.05) is 32.9 Å². The van der Waals surface area contributed by atoms with E-state index in [9.17, 15) is 0 Å². The van der Waals surface area contributed by atoms with E-state index in [1.54, 1.807) is 0 Å². The molecule has 0 heterocycles. The number of aliphatic hydroxyl groups is 1. The van der Waals surface area contributed by atoms with E-state index in [0.29, 0.717) is 6.04 Å². The monoisotopic (exact) mass is 185 g/mol. The number of aliphatic hydroxyl groups excluding tert-OH is 1. The van der Waals surface area contributed by atoms with E-state index in [0.717, 1.165) is 18.5 Å². The molecule has 0 amide bonds. The Morgan fingerprint density at radius 2 is 2.00 bits per heavy atom. The lowest BCUT2D eigenvalue weighted by Gasteiger charge is -2.31. The van der Waals surface area contributed by atoms with Gasteiger partial charge in [0, 0.05) is 19.2 Å². The van der Waals surface area contributed by atoms with Crippen LogP contribution in [-0.2, 0) is 0 Å². The van der Waals surface area contributed by atoms with Crippen LogP contribution < -0.4 is 5.32 Å². The third kappa shape index (κ3) is 5.83. The highest BCUT2D eigenvalue weighted by Gasteiger charge is 2.22. The maximum Gasteiger partial charge on any atom is 0.0446 e. The van der Waals surface area contributed by atoms with Crippen LogP contribution in [0.4, 0.5) is 0 Å². The van der Waals surface area contributed by atoms with E-state index >= 15 is 0 Å². The molecule has 2 nitrogen and oxygen atoms in total. The molecule has 1 unspecified atom stereocenters. The van der Waals surface area contributed by atoms with E-state index in [-0.39, 0.29) is 12.0 Å². The summed E-state index contributed by atoms with van der Waals surface area (Å²) in [5.74, 6) is 0. The third-order valence-corrected chi connectivity index (χ3v) is 2.11. The summed E-state index contributed by atoms with van der Waals surface area (Å²) in [5, 5.41) is 12.3. The summed E-state index contributed by atoms with van der Waals surface area (Å²) in [6, 6.07) is 0.356. The summed E-state index contributed by atoms with van der Waals surface area (Å²) in [4.78, 5) is 0. The van der Waals surface area contributed by atoms with Crippen molar-refractivity contribution in [3.05, 3.63) is 12.2 Å². The lowest BCUT2D eigenvalue weighted by Crippen LogP contribution is -2.41. The highest BCUT2D eigenvalue weighted by molar-refractivity contribution is 4.93. The molecule has 0 aromatic heterocycles. The van der Waals surface area contributed by atoms with Crippen LogP contribution in [0.2, 0.25) is 0 Å². The van der Waals surface area contributed by atoms with E-state index in [1.807, 2.05) is 6.92 Å². The minimum atomic E-state index is 0.193. The van der Waals surface area contributed by atoms with Crippen LogP contribution in [0.3, 0.4) is 0 Å². The second-order valence-electron chi connectivity index (χ2n) is 4.77. The molecule has 0 aromatic carbocycles. The molecule has 2 N–H and O–H groups in total. The largest absolute Gasteiger partial charge is 0.396 e. The van der Waals surface area contributed by atoms with Gasteiger partial charge in [0.2, 0.25) is 0 Å². The van der Waals surface area contributed by atoms with E-state index in [4.69, 9.17) is 5.11 Å². The first kappa shape index (κ1) is 12.7. The van der Waals surface area contributed by atoms with E-state index in [2.05, 4.69) is 32.7 Å². The maximum atomic E-state index is 8.90. The van der Waals surface area contributed by atoms with Crippen molar-refractivity contribution in [2.45, 2.75) is 40.2 Å². The summed E-state index contributed by atoms with van der Waals surface area (Å²) in [7, 11) is 0. The molecule has 0 aliphatic carbocycles. The molecule has 0 saturated carbocycles. The molecular formula is C11H23NO. The number of hydrogen-bond donors (Lipinski definition) is 2. The molecule has 0 radical (unpaired) electrons. The zero-order valence-electron chi connectivity index (χ0n) is 9.35. The van der Waals surface area contributed by atoms with Gasteiger partial charge in [0.15, 0.2) is 0 Å². The fourth-order valence-electron chi connectivity index (χ4n) is 1.27. The predicted molar refractivity (Wildman–Crippen MR) is 57.8 cm³/mol. The van der Waals surface area contributed by atoms with Crippen LogP contribution in [0, 0.1) is 5.41 Å². The molecule has 0 aliphatic rings. The standard InChI is InChI=1S/C11H23NO/c1-9(2)8-12-10(6-7-13)11(3,4)5/h10,12-13H,1,6-8H2,2-5H3. The lowest BCUT2D eigenvalue weighted by atomic mass is 9.85. The van der Waals surface area contributed by atoms with Gasteiger partial charge in [0.25, 0.3) is 0 Å². The van der Waals surface area contributed by atoms with E-state index < -0.39 is 0 Å². The number of nitrogens with one attached hydrogen (secondary N) is 1. The normalized spacial score (nSPS) is 14.2. The molecule has 13 heavy (non-hydrogen) atoms. The van der Waals surface area contributed by atoms with Crippen molar-refractivity contribution in [2.24, 2.45) is 5.41 Å². The Kier molecular flexibility index (Phi) is 5.26. The minimum absolute atomic E-state index is 0.193. The summed E-state index contributed by atoms with van der Waals surface area (Å²) in [6.07, 6.45) is 0.802. The minimum Gasteiger partial charge on any atom is -0.396 e. The summed E-state index contributed by atoms with van der Waals surface area (Å²) in [6.45, 7) is 13.5. The number of hydrogen-bond acceptors (Lipinski definition) is 2. The van der Waals surface area contributed by atoms with Crippen molar-refractivity contribution in [1.82, 2.24) is 5.32 Å². The van der Waals surface area contributed by atoms with Gasteiger partial charge >= 0.3 is 0 Å². The zero-order valence-corrected chi connectivity index (χ0v) is 9.35. The molecular weight excluding hydrogens is 162 g/mol. The first-order valence-electron chi connectivity index (χ1n) is 4.86. The Hall–Kier alpha value is -0.340. The van der Waals surface area contributed by atoms with Crippen LogP contribution >= 0.6 is 0 Å². The smallest absolute Gasteiger partial charge is 0.0446 e. The quantitative estimate of drug-likeness (QED) is 0.642. The highest BCUT2D eigenvalue weighted by atomic mass is 16.3. The Bertz CT molecular complexity index is 158. The Labute approximate surface area is 82.0 Å². The zero-order chi connectivity index (χ0) is 10.5. The molecule has 0 saturated heterocycles. The predicted octanol–water partition coefficient (Wildman–Crippen LogP) is 1.95. The fraction of sp³-hybridized carbons (Fsp3) is 0.818. The summed E-state index contributed by atoms with van der Waals surface area (Å²) >= 11 is 0. The SMILES string of the molecule is C=C(C)CNC(CCO)C(C)(C)C. The molecule has 2 heteroatoms.